The van der Waals surface area contributed by atoms with E-state index in [2.05, 4.69) is 36.4 Å². The van der Waals surface area contributed by atoms with Crippen molar-refractivity contribution in [3.8, 4) is 5.75 Å². The lowest BCUT2D eigenvalue weighted by atomic mass is 9.81. The number of Topliss-reactive ketones (excluding diaryl/α,β-unsaturated/α-hetero) is 2. The van der Waals surface area contributed by atoms with Crippen LogP contribution in [0.2, 0.25) is 0 Å². The monoisotopic (exact) mass is 963 g/mol. The van der Waals surface area contributed by atoms with Gasteiger partial charge in [0.1, 0.15) is 35.9 Å². The number of fused-ring (bicyclic) bond motifs is 4. The summed E-state index contributed by atoms with van der Waals surface area (Å²) in [4.78, 5) is 58.7. The number of ether oxygens (including phenoxy) is 6. The van der Waals surface area contributed by atoms with Crippen LogP contribution < -0.4 is 4.74 Å². The fourth-order valence-electron chi connectivity index (χ4n) is 11.2. The normalized spacial score (nSPS) is 37.0. The van der Waals surface area contributed by atoms with Gasteiger partial charge in [-0.25, -0.2) is 4.79 Å². The molecule has 0 spiro atoms. The third-order valence-electron chi connectivity index (χ3n) is 15.5. The molecule has 2 aromatic rings. The van der Waals surface area contributed by atoms with Crippen LogP contribution in [0.25, 0.3) is 10.9 Å². The Hall–Kier alpha value is -4.22. The third-order valence-corrected chi connectivity index (χ3v) is 15.5. The maximum atomic E-state index is 14.6. The Morgan fingerprint density at radius 1 is 0.928 bits per heavy atom. The highest BCUT2D eigenvalue weighted by atomic mass is 16.7. The molecule has 1 saturated carbocycles. The van der Waals surface area contributed by atoms with Crippen LogP contribution in [0.15, 0.2) is 66.4 Å². The average Bonchev–Trinajstić information content (AvgIpc) is 3.76. The molecule has 15 unspecified atom stereocenters. The summed E-state index contributed by atoms with van der Waals surface area (Å²) in [6, 6.07) is 7.00. The molecule has 15 atom stereocenters. The first-order valence-electron chi connectivity index (χ1n) is 25.1. The van der Waals surface area contributed by atoms with Crippen molar-refractivity contribution in [2.75, 3.05) is 27.9 Å². The zero-order chi connectivity index (χ0) is 50.3. The molecule has 2 saturated heterocycles. The average molecular weight is 963 g/mol. The zero-order valence-electron chi connectivity index (χ0n) is 42.2. The van der Waals surface area contributed by atoms with Crippen molar-refractivity contribution < 1.29 is 62.9 Å². The number of ketones is 2. The highest BCUT2D eigenvalue weighted by molar-refractivity contribution is 6.39. The van der Waals surface area contributed by atoms with Crippen molar-refractivity contribution in [3.05, 3.63) is 66.4 Å². The number of benzene rings is 1. The maximum Gasteiger partial charge on any atom is 0.329 e. The van der Waals surface area contributed by atoms with E-state index in [9.17, 15) is 34.5 Å². The van der Waals surface area contributed by atoms with Gasteiger partial charge in [0.15, 0.2) is 0 Å². The predicted molar refractivity (Wildman–Crippen MR) is 260 cm³/mol. The Labute approximate surface area is 408 Å². The lowest BCUT2D eigenvalue weighted by Gasteiger charge is -2.47. The summed E-state index contributed by atoms with van der Waals surface area (Å²) in [5.74, 6) is -8.07. The van der Waals surface area contributed by atoms with Crippen molar-refractivity contribution in [3.63, 3.8) is 0 Å². The van der Waals surface area contributed by atoms with E-state index in [0.717, 1.165) is 29.6 Å². The topological polar surface area (TPSA) is 193 Å². The van der Waals surface area contributed by atoms with Gasteiger partial charge >= 0.3 is 5.97 Å². The highest BCUT2D eigenvalue weighted by Crippen LogP contribution is 2.40. The molecular weight excluding hydrogens is 885 g/mol. The van der Waals surface area contributed by atoms with Gasteiger partial charge in [0.2, 0.25) is 5.79 Å². The molecule has 6 rings (SSSR count). The van der Waals surface area contributed by atoms with Gasteiger partial charge < -0.3 is 53.2 Å². The van der Waals surface area contributed by atoms with Crippen LogP contribution in [-0.2, 0) is 49.4 Å². The van der Waals surface area contributed by atoms with Crippen LogP contribution in [0.3, 0.4) is 0 Å². The van der Waals surface area contributed by atoms with Crippen LogP contribution in [0, 0.1) is 29.6 Å². The quantitative estimate of drug-likeness (QED) is 0.130. The number of cyclic esters (lactones) is 1. The minimum Gasteiger partial charge on any atom is -0.488 e. The molecule has 382 valence electrons. The number of methoxy groups -OCH3 is 3. The van der Waals surface area contributed by atoms with Crippen LogP contribution in [0.5, 0.6) is 5.75 Å². The molecule has 3 N–H and O–H groups in total. The summed E-state index contributed by atoms with van der Waals surface area (Å²) in [6.45, 7) is 15.6. The maximum absolute atomic E-state index is 14.6. The van der Waals surface area contributed by atoms with Crippen LogP contribution in [0.4, 0.5) is 0 Å². The second-order valence-corrected chi connectivity index (χ2v) is 20.2. The molecule has 1 amide bonds. The van der Waals surface area contributed by atoms with E-state index >= 15 is 0 Å². The number of piperidine rings is 1. The number of nitrogens with zero attached hydrogens (tertiary/aromatic N) is 2. The number of aryl methyl sites for hydroxylation is 1. The number of carbonyl (C=O) groups is 4. The number of esters is 1. The molecular formula is C54H78N2O13. The van der Waals surface area contributed by atoms with Crippen LogP contribution in [0.1, 0.15) is 106 Å². The molecule has 0 radical (unpaired) electrons. The van der Waals surface area contributed by atoms with Crippen molar-refractivity contribution in [1.29, 1.82) is 0 Å². The molecule has 4 heterocycles. The summed E-state index contributed by atoms with van der Waals surface area (Å²) in [5, 5.41) is 36.8. The van der Waals surface area contributed by atoms with Gasteiger partial charge in [-0.15, -0.1) is 6.58 Å². The SMILES string of the molecule is C=CCC1/C=C(\C)C(O)C(C)CC(OC)C2OC(O)(C(=O)C(=O)N3CCCCC3C(=O)OC(C(C)=CC3CCC(Oc4ccc5c(ccn5CC)c4)C(OC)C3)C(C)C(O)CC1=O)C(C)CC2OC. The number of rotatable bonds is 10. The predicted octanol–water partition coefficient (Wildman–Crippen LogP) is 6.67. The molecule has 3 aliphatic heterocycles. The molecule has 15 heteroatoms. The van der Waals surface area contributed by atoms with Gasteiger partial charge in [-0.1, -0.05) is 39.0 Å². The molecule has 3 fully saturated rings. The lowest BCUT2D eigenvalue weighted by molar-refractivity contribution is -0.302. The fraction of sp³-hybridized carbons (Fsp3) is 0.667. The smallest absolute Gasteiger partial charge is 0.329 e. The summed E-state index contributed by atoms with van der Waals surface area (Å²) in [5.41, 5.74) is 2.31. The summed E-state index contributed by atoms with van der Waals surface area (Å²) in [7, 11) is 4.61. The van der Waals surface area contributed by atoms with Crippen LogP contribution in [-0.4, -0.2) is 137 Å². The first-order valence-corrected chi connectivity index (χ1v) is 25.1. The second-order valence-electron chi connectivity index (χ2n) is 20.2. The van der Waals surface area contributed by atoms with E-state index in [-0.39, 0.29) is 62.6 Å². The standard InChI is InChI=1S/C54H78N2O13/c1-11-15-38-25-31(3)48(59)32(4)26-46(65-9)50-47(66-10)27-34(6)54(63,69-50)51(60)52(61)56-22-14-13-16-41(56)53(62)68-49(35(7)42(57)30-43(38)58)33(5)24-36-17-20-44(45(28-36)64-8)67-39-18-19-40-37(29-39)21-23-55(40)12-2/h11,18-19,21,23-25,29,32,34-36,38,41-42,44-50,57,59,63H,1,12-17,20,22,26-28,30H2,2-10H3/b31-25+,33-24?. The van der Waals surface area contributed by atoms with Gasteiger partial charge in [-0.05, 0) is 126 Å². The van der Waals surface area contributed by atoms with E-state index in [1.54, 1.807) is 40.0 Å². The number of allylic oxidation sites excluding steroid dienone is 3. The number of aromatic nitrogens is 1. The Morgan fingerprint density at radius 2 is 1.64 bits per heavy atom. The van der Waals surface area contributed by atoms with Gasteiger partial charge in [0.25, 0.3) is 11.7 Å². The van der Waals surface area contributed by atoms with Crippen molar-refractivity contribution >= 4 is 34.3 Å². The third kappa shape index (κ3) is 12.1. The Kier molecular flexibility index (Phi) is 18.7. The van der Waals surface area contributed by atoms with Crippen LogP contribution >= 0.6 is 0 Å². The molecule has 1 aliphatic carbocycles. The zero-order valence-corrected chi connectivity index (χ0v) is 42.2. The van der Waals surface area contributed by atoms with E-state index in [4.69, 9.17) is 28.4 Å². The highest BCUT2D eigenvalue weighted by Gasteiger charge is 2.57. The summed E-state index contributed by atoms with van der Waals surface area (Å²) in [6.07, 6.45) is 4.76. The molecule has 1 aromatic heterocycles. The largest absolute Gasteiger partial charge is 0.488 e. The number of carbonyl (C=O) groups excluding carboxylic acids is 4. The molecule has 69 heavy (non-hydrogen) atoms. The second kappa shape index (κ2) is 23.8. The number of hydrogen-bond acceptors (Lipinski definition) is 13. The number of amides is 1. The van der Waals surface area contributed by atoms with Crippen molar-refractivity contribution in [2.24, 2.45) is 29.6 Å². The van der Waals surface area contributed by atoms with E-state index in [0.29, 0.717) is 36.8 Å². The number of aliphatic hydroxyl groups is 3. The molecule has 4 aliphatic rings. The van der Waals surface area contributed by atoms with Gasteiger partial charge in [-0.2, -0.15) is 0 Å². The first kappa shape index (κ1) is 54.1. The van der Waals surface area contributed by atoms with E-state index < -0.39 is 89.8 Å². The lowest BCUT2D eigenvalue weighted by Crippen LogP contribution is -2.64. The van der Waals surface area contributed by atoms with Gasteiger partial charge in [0.05, 0.1) is 30.5 Å². The van der Waals surface area contributed by atoms with E-state index in [1.807, 2.05) is 32.1 Å². The minimum absolute atomic E-state index is 0.0209. The molecule has 2 bridgehead atoms. The Balaban J connectivity index is 1.32. The number of aliphatic hydroxyl groups excluding tert-OH is 2. The van der Waals surface area contributed by atoms with Gasteiger partial charge in [-0.3, -0.25) is 14.4 Å². The van der Waals surface area contributed by atoms with Crippen molar-refractivity contribution in [1.82, 2.24) is 9.47 Å². The molecule has 15 nitrogen and oxygen atoms in total. The summed E-state index contributed by atoms with van der Waals surface area (Å²) < 4.78 is 39.1. The van der Waals surface area contributed by atoms with E-state index in [1.165, 1.54) is 19.1 Å². The Bertz CT molecular complexity index is 2180. The van der Waals surface area contributed by atoms with Gasteiger partial charge in [0, 0.05) is 75.7 Å². The Morgan fingerprint density at radius 3 is 2.32 bits per heavy atom. The minimum atomic E-state index is -2.59. The summed E-state index contributed by atoms with van der Waals surface area (Å²) >= 11 is 0. The first-order chi connectivity index (χ1) is 32.9. The molecule has 1 aromatic carbocycles. The number of hydrogen-bond donors (Lipinski definition) is 3. The van der Waals surface area contributed by atoms with Crippen molar-refractivity contribution in [2.45, 2.75) is 173 Å². The fourth-order valence-corrected chi connectivity index (χ4v) is 11.2.